The van der Waals surface area contributed by atoms with Gasteiger partial charge in [-0.05, 0) is 36.9 Å². The van der Waals surface area contributed by atoms with Crippen LogP contribution in [0.1, 0.15) is 17.4 Å². The van der Waals surface area contributed by atoms with Crippen molar-refractivity contribution in [3.8, 4) is 11.5 Å². The van der Waals surface area contributed by atoms with Crippen LogP contribution < -0.4 is 15.2 Å². The minimum atomic E-state index is 0.106. The monoisotopic (exact) mass is 274 g/mol. The smallest absolute Gasteiger partial charge is 0.231 e. The molecule has 0 saturated heterocycles. The van der Waals surface area contributed by atoms with Crippen LogP contribution in [0.4, 0.5) is 0 Å². The molecule has 2 heterocycles. The summed E-state index contributed by atoms with van der Waals surface area (Å²) in [6.45, 7) is 1.52. The summed E-state index contributed by atoms with van der Waals surface area (Å²) < 4.78 is 16.1. The Morgan fingerprint density at radius 1 is 1.25 bits per heavy atom. The van der Waals surface area contributed by atoms with Crippen molar-refractivity contribution in [2.24, 2.45) is 5.73 Å². The van der Waals surface area contributed by atoms with Crippen LogP contribution in [0.2, 0.25) is 0 Å². The quantitative estimate of drug-likeness (QED) is 0.905. The lowest BCUT2D eigenvalue weighted by Crippen LogP contribution is -2.30. The highest BCUT2D eigenvalue weighted by Gasteiger charge is 2.20. The highest BCUT2D eigenvalue weighted by molar-refractivity contribution is 5.45. The number of rotatable bonds is 5. The van der Waals surface area contributed by atoms with E-state index in [0.29, 0.717) is 13.1 Å². The lowest BCUT2D eigenvalue weighted by atomic mass is 10.0. The van der Waals surface area contributed by atoms with Crippen molar-refractivity contribution >= 4 is 0 Å². The van der Waals surface area contributed by atoms with E-state index in [4.69, 9.17) is 19.6 Å². The van der Waals surface area contributed by atoms with Gasteiger partial charge < -0.3 is 19.6 Å². The first-order valence-electron chi connectivity index (χ1n) is 6.60. The molecule has 1 unspecified atom stereocenters. The number of hydrogen-bond acceptors (Lipinski definition) is 5. The summed E-state index contributed by atoms with van der Waals surface area (Å²) in [6.07, 6.45) is 1.68. The zero-order valence-electron chi connectivity index (χ0n) is 11.4. The Labute approximate surface area is 117 Å². The molecule has 0 radical (unpaired) electrons. The lowest BCUT2D eigenvalue weighted by molar-refractivity contribution is 0.173. The molecule has 0 fully saturated rings. The van der Waals surface area contributed by atoms with E-state index in [2.05, 4.69) is 4.90 Å². The summed E-state index contributed by atoms with van der Waals surface area (Å²) in [5.41, 5.74) is 7.05. The van der Waals surface area contributed by atoms with Gasteiger partial charge in [0.15, 0.2) is 11.5 Å². The van der Waals surface area contributed by atoms with Gasteiger partial charge in [0.2, 0.25) is 6.79 Å². The van der Waals surface area contributed by atoms with Gasteiger partial charge in [-0.2, -0.15) is 0 Å². The number of furan rings is 1. The third-order valence-corrected chi connectivity index (χ3v) is 3.52. The first-order chi connectivity index (χ1) is 9.78. The molecule has 3 rings (SSSR count). The number of nitrogens with zero attached hydrogens (tertiary/aromatic N) is 1. The van der Waals surface area contributed by atoms with E-state index in [1.807, 2.05) is 37.4 Å². The van der Waals surface area contributed by atoms with Crippen molar-refractivity contribution in [3.63, 3.8) is 0 Å². The number of hydrogen-bond donors (Lipinski definition) is 1. The second-order valence-electron chi connectivity index (χ2n) is 4.86. The van der Waals surface area contributed by atoms with Gasteiger partial charge in [0.1, 0.15) is 5.76 Å². The van der Waals surface area contributed by atoms with Crippen molar-refractivity contribution in [3.05, 3.63) is 47.9 Å². The third kappa shape index (κ3) is 2.50. The maximum absolute atomic E-state index is 5.94. The van der Waals surface area contributed by atoms with Crippen LogP contribution in [0.15, 0.2) is 41.0 Å². The molecule has 1 aliphatic rings. The molecular formula is C15H18N2O3. The van der Waals surface area contributed by atoms with Crippen molar-refractivity contribution < 1.29 is 13.9 Å². The Morgan fingerprint density at radius 2 is 2.10 bits per heavy atom. The van der Waals surface area contributed by atoms with Gasteiger partial charge in [0.05, 0.1) is 12.8 Å². The maximum atomic E-state index is 5.94. The molecule has 5 heteroatoms. The summed E-state index contributed by atoms with van der Waals surface area (Å²) in [7, 11) is 2.03. The predicted molar refractivity (Wildman–Crippen MR) is 74.5 cm³/mol. The first kappa shape index (κ1) is 13.0. The minimum absolute atomic E-state index is 0.106. The Hall–Kier alpha value is -1.98. The molecule has 5 nitrogen and oxygen atoms in total. The number of fused-ring (bicyclic) bond motifs is 1. The highest BCUT2D eigenvalue weighted by Crippen LogP contribution is 2.35. The SMILES string of the molecule is CN(Cc1ccco1)C(CN)c1ccc2c(c1)OCO2. The molecule has 1 aliphatic heterocycles. The third-order valence-electron chi connectivity index (χ3n) is 3.52. The van der Waals surface area contributed by atoms with Crippen molar-refractivity contribution in [2.75, 3.05) is 20.4 Å². The molecule has 0 saturated carbocycles. The maximum Gasteiger partial charge on any atom is 0.231 e. The average molecular weight is 274 g/mol. The Kier molecular flexibility index (Phi) is 3.62. The van der Waals surface area contributed by atoms with E-state index in [1.54, 1.807) is 6.26 Å². The van der Waals surface area contributed by atoms with E-state index in [0.717, 1.165) is 22.8 Å². The van der Waals surface area contributed by atoms with Crippen LogP contribution in [0.3, 0.4) is 0 Å². The molecule has 0 bridgehead atoms. The van der Waals surface area contributed by atoms with E-state index >= 15 is 0 Å². The number of likely N-dealkylation sites (N-methyl/N-ethyl adjacent to an activating group) is 1. The topological polar surface area (TPSA) is 60.9 Å². The molecule has 2 aromatic rings. The summed E-state index contributed by atoms with van der Waals surface area (Å²) in [5, 5.41) is 0. The van der Waals surface area contributed by atoms with Gasteiger partial charge in [-0.3, -0.25) is 4.90 Å². The van der Waals surface area contributed by atoms with Gasteiger partial charge in [-0.1, -0.05) is 6.07 Å². The fourth-order valence-electron chi connectivity index (χ4n) is 2.45. The zero-order valence-corrected chi connectivity index (χ0v) is 11.4. The fourth-order valence-corrected chi connectivity index (χ4v) is 2.45. The number of ether oxygens (including phenoxy) is 2. The normalized spacial score (nSPS) is 14.8. The summed E-state index contributed by atoms with van der Waals surface area (Å²) in [5.74, 6) is 2.50. The van der Waals surface area contributed by atoms with Crippen molar-refractivity contribution in [2.45, 2.75) is 12.6 Å². The van der Waals surface area contributed by atoms with Gasteiger partial charge in [0, 0.05) is 12.6 Å². The molecule has 0 aliphatic carbocycles. The predicted octanol–water partition coefficient (Wildman–Crippen LogP) is 2.14. The van der Waals surface area contributed by atoms with Gasteiger partial charge in [-0.25, -0.2) is 0 Å². The van der Waals surface area contributed by atoms with E-state index in [9.17, 15) is 0 Å². The molecule has 1 aromatic heterocycles. The highest BCUT2D eigenvalue weighted by atomic mass is 16.7. The van der Waals surface area contributed by atoms with Gasteiger partial charge in [0.25, 0.3) is 0 Å². The van der Waals surface area contributed by atoms with Crippen molar-refractivity contribution in [1.29, 1.82) is 0 Å². The molecular weight excluding hydrogens is 256 g/mol. The van der Waals surface area contributed by atoms with Crippen molar-refractivity contribution in [1.82, 2.24) is 4.90 Å². The van der Waals surface area contributed by atoms with E-state index in [-0.39, 0.29) is 12.8 Å². The van der Waals surface area contributed by atoms with Gasteiger partial charge >= 0.3 is 0 Å². The molecule has 20 heavy (non-hydrogen) atoms. The second-order valence-corrected chi connectivity index (χ2v) is 4.86. The molecule has 1 atom stereocenters. The standard InChI is InChI=1S/C15H18N2O3/c1-17(9-12-3-2-6-18-12)13(8-16)11-4-5-14-15(7-11)20-10-19-14/h2-7,13H,8-10,16H2,1H3. The van der Waals surface area contributed by atoms with Crippen LogP contribution in [-0.2, 0) is 6.54 Å². The minimum Gasteiger partial charge on any atom is -0.468 e. The molecule has 1 aromatic carbocycles. The van der Waals surface area contributed by atoms with Crippen LogP contribution in [0, 0.1) is 0 Å². The average Bonchev–Trinajstić information content (AvgIpc) is 3.09. The summed E-state index contributed by atoms with van der Waals surface area (Å²) >= 11 is 0. The van der Waals surface area contributed by atoms with Gasteiger partial charge in [-0.15, -0.1) is 0 Å². The second kappa shape index (κ2) is 5.56. The Bertz CT molecular complexity index is 569. The van der Waals surface area contributed by atoms with E-state index < -0.39 is 0 Å². The number of nitrogens with two attached hydrogens (primary N) is 1. The molecule has 2 N–H and O–H groups in total. The van der Waals surface area contributed by atoms with E-state index in [1.165, 1.54) is 0 Å². The van der Waals surface area contributed by atoms with Crippen LogP contribution in [0.25, 0.3) is 0 Å². The number of benzene rings is 1. The lowest BCUT2D eigenvalue weighted by Gasteiger charge is -2.26. The largest absolute Gasteiger partial charge is 0.468 e. The molecule has 106 valence electrons. The molecule has 0 amide bonds. The Balaban J connectivity index is 1.78. The summed E-state index contributed by atoms with van der Waals surface area (Å²) in [6, 6.07) is 9.92. The first-order valence-corrected chi connectivity index (χ1v) is 6.60. The molecule has 0 spiro atoms. The van der Waals surface area contributed by atoms with Crippen LogP contribution >= 0.6 is 0 Å². The van der Waals surface area contributed by atoms with Crippen LogP contribution in [0.5, 0.6) is 11.5 Å². The fraction of sp³-hybridized carbons (Fsp3) is 0.333. The zero-order chi connectivity index (χ0) is 13.9. The Morgan fingerprint density at radius 3 is 2.85 bits per heavy atom. The summed E-state index contributed by atoms with van der Waals surface area (Å²) in [4.78, 5) is 2.16. The van der Waals surface area contributed by atoms with Crippen LogP contribution in [-0.4, -0.2) is 25.3 Å².